The number of amides is 1. The van der Waals surface area contributed by atoms with Gasteiger partial charge in [-0.25, -0.2) is 13.6 Å². The minimum absolute atomic E-state index is 0.0989. The van der Waals surface area contributed by atoms with Gasteiger partial charge >= 0.3 is 0 Å². The van der Waals surface area contributed by atoms with E-state index in [0.29, 0.717) is 11.1 Å². The molecule has 1 aromatic carbocycles. The van der Waals surface area contributed by atoms with Gasteiger partial charge in [0.05, 0.1) is 4.90 Å². The summed E-state index contributed by atoms with van der Waals surface area (Å²) in [5.41, 5.74) is 0.637. The van der Waals surface area contributed by atoms with Gasteiger partial charge in [-0.15, -0.1) is 0 Å². The van der Waals surface area contributed by atoms with Crippen LogP contribution in [0.5, 0.6) is 0 Å². The molecule has 0 bridgehead atoms. The maximum absolute atomic E-state index is 12.6. The van der Waals surface area contributed by atoms with Crippen LogP contribution in [0, 0.1) is 6.92 Å². The molecule has 0 aromatic heterocycles. The minimum Gasteiger partial charge on any atom is -0.339 e. The lowest BCUT2D eigenvalue weighted by molar-refractivity contribution is 0.0734. The van der Waals surface area contributed by atoms with Crippen molar-refractivity contribution < 1.29 is 13.2 Å². The fraction of sp³-hybridized carbons (Fsp3) is 0.500. The van der Waals surface area contributed by atoms with Crippen molar-refractivity contribution in [1.29, 1.82) is 0 Å². The number of halogens is 1. The number of primary sulfonamides is 1. The number of nitrogens with two attached hydrogens (primary N) is 1. The van der Waals surface area contributed by atoms with Crippen LogP contribution in [0.3, 0.4) is 0 Å². The summed E-state index contributed by atoms with van der Waals surface area (Å²) in [5.74, 6) is -0.216. The van der Waals surface area contributed by atoms with Crippen LogP contribution in [0.15, 0.2) is 17.0 Å². The molecule has 7 heteroatoms. The van der Waals surface area contributed by atoms with Crippen LogP contribution in [0.1, 0.15) is 41.6 Å². The molecule has 0 heterocycles. The zero-order valence-corrected chi connectivity index (χ0v) is 13.7. The highest BCUT2D eigenvalue weighted by Crippen LogP contribution is 2.28. The summed E-state index contributed by atoms with van der Waals surface area (Å²) in [4.78, 5) is 14.2. The predicted molar refractivity (Wildman–Crippen MR) is 81.9 cm³/mol. The van der Waals surface area contributed by atoms with Crippen LogP contribution in [-0.4, -0.2) is 32.3 Å². The SMILES string of the molecule is Cc1c(C(=O)N(C)C2CCCC2)cc(Cl)cc1S(N)(=O)=O. The van der Waals surface area contributed by atoms with Crippen LogP contribution >= 0.6 is 11.6 Å². The number of nitrogens with zero attached hydrogens (tertiary/aromatic N) is 1. The molecule has 1 aromatic rings. The monoisotopic (exact) mass is 330 g/mol. The molecular formula is C14H19ClN2O3S. The Labute approximate surface area is 130 Å². The third kappa shape index (κ3) is 3.39. The van der Waals surface area contributed by atoms with Crippen LogP contribution in [0.25, 0.3) is 0 Å². The molecule has 21 heavy (non-hydrogen) atoms. The van der Waals surface area contributed by atoms with Crippen molar-refractivity contribution in [2.45, 2.75) is 43.5 Å². The maximum Gasteiger partial charge on any atom is 0.254 e. The highest BCUT2D eigenvalue weighted by molar-refractivity contribution is 7.89. The van der Waals surface area contributed by atoms with Gasteiger partial charge < -0.3 is 4.90 Å². The van der Waals surface area contributed by atoms with Gasteiger partial charge in [-0.2, -0.15) is 0 Å². The Morgan fingerprint density at radius 2 is 1.90 bits per heavy atom. The van der Waals surface area contributed by atoms with E-state index in [2.05, 4.69) is 0 Å². The van der Waals surface area contributed by atoms with Gasteiger partial charge in [0.25, 0.3) is 5.91 Å². The Hall–Kier alpha value is -1.11. The molecule has 1 saturated carbocycles. The predicted octanol–water partition coefficient (Wildman–Crippen LogP) is 2.31. The molecule has 1 amide bonds. The minimum atomic E-state index is -3.91. The molecule has 1 fully saturated rings. The van der Waals surface area contributed by atoms with Crippen molar-refractivity contribution in [3.8, 4) is 0 Å². The van der Waals surface area contributed by atoms with E-state index >= 15 is 0 Å². The second kappa shape index (κ2) is 5.94. The molecule has 116 valence electrons. The zero-order chi connectivity index (χ0) is 15.8. The molecule has 0 aliphatic heterocycles. The molecule has 0 spiro atoms. The summed E-state index contributed by atoms with van der Waals surface area (Å²) >= 11 is 5.95. The van der Waals surface area contributed by atoms with E-state index in [-0.39, 0.29) is 21.9 Å². The van der Waals surface area contributed by atoms with Crippen molar-refractivity contribution in [2.75, 3.05) is 7.05 Å². The second-order valence-electron chi connectivity index (χ2n) is 5.48. The number of sulfonamides is 1. The van der Waals surface area contributed by atoms with Crippen LogP contribution in [0.4, 0.5) is 0 Å². The Balaban J connectivity index is 2.44. The third-order valence-corrected chi connectivity index (χ3v) is 5.31. The number of carbonyl (C=O) groups excluding carboxylic acids is 1. The van der Waals surface area contributed by atoms with E-state index < -0.39 is 10.0 Å². The summed E-state index contributed by atoms with van der Waals surface area (Å²) in [7, 11) is -2.17. The summed E-state index contributed by atoms with van der Waals surface area (Å²) in [5, 5.41) is 5.37. The molecule has 5 nitrogen and oxygen atoms in total. The van der Waals surface area contributed by atoms with E-state index in [4.69, 9.17) is 16.7 Å². The van der Waals surface area contributed by atoms with Gasteiger partial charge in [0.15, 0.2) is 0 Å². The molecule has 1 aliphatic carbocycles. The van der Waals surface area contributed by atoms with Gasteiger partial charge in [0, 0.05) is 23.7 Å². The molecule has 0 atom stereocenters. The first-order valence-corrected chi connectivity index (χ1v) is 8.74. The summed E-state index contributed by atoms with van der Waals surface area (Å²) < 4.78 is 23.2. The highest BCUT2D eigenvalue weighted by Gasteiger charge is 2.27. The molecule has 2 N–H and O–H groups in total. The van der Waals surface area contributed by atoms with Crippen molar-refractivity contribution in [2.24, 2.45) is 5.14 Å². The van der Waals surface area contributed by atoms with Crippen LogP contribution in [0.2, 0.25) is 5.02 Å². The van der Waals surface area contributed by atoms with Crippen molar-refractivity contribution >= 4 is 27.5 Å². The second-order valence-corrected chi connectivity index (χ2v) is 7.44. The smallest absolute Gasteiger partial charge is 0.254 e. The van der Waals surface area contributed by atoms with E-state index in [1.165, 1.54) is 12.1 Å². The Morgan fingerprint density at radius 1 is 1.33 bits per heavy atom. The standard InChI is InChI=1S/C14H19ClN2O3S/c1-9-12(7-10(15)8-13(9)21(16,19)20)14(18)17(2)11-5-3-4-6-11/h7-8,11H,3-6H2,1-2H3,(H2,16,19,20). The van der Waals surface area contributed by atoms with E-state index in [1.807, 2.05) is 0 Å². The normalized spacial score (nSPS) is 16.2. The summed E-state index contributed by atoms with van der Waals surface area (Å²) in [6.45, 7) is 1.58. The number of benzene rings is 1. The quantitative estimate of drug-likeness (QED) is 0.923. The van der Waals surface area contributed by atoms with Crippen molar-refractivity contribution in [3.05, 3.63) is 28.3 Å². The largest absolute Gasteiger partial charge is 0.339 e. The maximum atomic E-state index is 12.6. The fourth-order valence-electron chi connectivity index (χ4n) is 2.82. The molecule has 0 radical (unpaired) electrons. The summed E-state index contributed by atoms with van der Waals surface area (Å²) in [6.07, 6.45) is 4.17. The highest BCUT2D eigenvalue weighted by atomic mass is 35.5. The number of carbonyl (C=O) groups is 1. The fourth-order valence-corrected chi connectivity index (χ4v) is 3.93. The van der Waals surface area contributed by atoms with Crippen LogP contribution in [-0.2, 0) is 10.0 Å². The molecule has 0 saturated heterocycles. The van der Waals surface area contributed by atoms with Crippen molar-refractivity contribution in [1.82, 2.24) is 4.90 Å². The molecule has 1 aliphatic rings. The Morgan fingerprint density at radius 3 is 2.43 bits per heavy atom. The molecule has 0 unspecified atom stereocenters. The topological polar surface area (TPSA) is 80.5 Å². The number of rotatable bonds is 3. The molecular weight excluding hydrogens is 312 g/mol. The van der Waals surface area contributed by atoms with Crippen LogP contribution < -0.4 is 5.14 Å². The Kier molecular flexibility index (Phi) is 4.60. The van der Waals surface area contributed by atoms with E-state index in [9.17, 15) is 13.2 Å². The van der Waals surface area contributed by atoms with Gasteiger partial charge in [-0.3, -0.25) is 4.79 Å². The summed E-state index contributed by atoms with van der Waals surface area (Å²) in [6, 6.07) is 2.98. The lowest BCUT2D eigenvalue weighted by atomic mass is 10.1. The van der Waals surface area contributed by atoms with E-state index in [1.54, 1.807) is 18.9 Å². The average Bonchev–Trinajstić information content (AvgIpc) is 2.92. The van der Waals surface area contributed by atoms with Gasteiger partial charge in [-0.05, 0) is 37.5 Å². The number of hydrogen-bond acceptors (Lipinski definition) is 3. The van der Waals surface area contributed by atoms with Crippen molar-refractivity contribution in [3.63, 3.8) is 0 Å². The first kappa shape index (κ1) is 16.3. The first-order valence-electron chi connectivity index (χ1n) is 6.82. The zero-order valence-electron chi connectivity index (χ0n) is 12.1. The lowest BCUT2D eigenvalue weighted by Crippen LogP contribution is -2.35. The van der Waals surface area contributed by atoms with E-state index in [0.717, 1.165) is 25.7 Å². The van der Waals surface area contributed by atoms with Gasteiger partial charge in [0.2, 0.25) is 10.0 Å². The average molecular weight is 331 g/mol. The Bertz CT molecular complexity index is 667. The van der Waals surface area contributed by atoms with Gasteiger partial charge in [0.1, 0.15) is 0 Å². The first-order chi connectivity index (χ1) is 9.71. The lowest BCUT2D eigenvalue weighted by Gasteiger charge is -2.25. The number of hydrogen-bond donors (Lipinski definition) is 1. The van der Waals surface area contributed by atoms with Gasteiger partial charge in [-0.1, -0.05) is 24.4 Å². The molecule has 2 rings (SSSR count). The third-order valence-electron chi connectivity index (χ3n) is 4.05.